The smallest absolute Gasteiger partial charge is 0.127 e. The van der Waals surface area contributed by atoms with E-state index in [2.05, 4.69) is 29.6 Å². The quantitative estimate of drug-likeness (QED) is 0.662. The first-order valence-electron chi connectivity index (χ1n) is 7.98. The van der Waals surface area contributed by atoms with E-state index < -0.39 is 0 Å². The van der Waals surface area contributed by atoms with Crippen LogP contribution in [0.2, 0.25) is 0 Å². The fraction of sp³-hybridized carbons (Fsp3) is 0.368. The normalized spacial score (nSPS) is 10.5. The summed E-state index contributed by atoms with van der Waals surface area (Å²) < 4.78 is 11.2. The third-order valence-electron chi connectivity index (χ3n) is 3.59. The molecule has 0 aliphatic rings. The Labute approximate surface area is 138 Å². The topological polar surface area (TPSA) is 50.7 Å². The SMILES string of the molecule is COc1ccc(CNCCO)c(OCCCc2ccccc2)c1. The van der Waals surface area contributed by atoms with Crippen LogP contribution in [-0.2, 0) is 13.0 Å². The second-order valence-electron chi connectivity index (χ2n) is 5.31. The highest BCUT2D eigenvalue weighted by Gasteiger charge is 2.06. The number of ether oxygens (including phenoxy) is 2. The maximum atomic E-state index is 8.86. The van der Waals surface area contributed by atoms with Crippen LogP contribution < -0.4 is 14.8 Å². The number of benzene rings is 2. The van der Waals surface area contributed by atoms with Gasteiger partial charge >= 0.3 is 0 Å². The molecule has 0 radical (unpaired) electrons. The average molecular weight is 315 g/mol. The molecule has 4 nitrogen and oxygen atoms in total. The molecule has 0 atom stereocenters. The van der Waals surface area contributed by atoms with Crippen molar-refractivity contribution in [1.29, 1.82) is 0 Å². The largest absolute Gasteiger partial charge is 0.497 e. The van der Waals surface area contributed by atoms with Crippen molar-refractivity contribution in [2.75, 3.05) is 26.9 Å². The minimum absolute atomic E-state index is 0.128. The van der Waals surface area contributed by atoms with Gasteiger partial charge in [-0.25, -0.2) is 0 Å². The molecule has 0 bridgehead atoms. The van der Waals surface area contributed by atoms with Gasteiger partial charge in [0.2, 0.25) is 0 Å². The van der Waals surface area contributed by atoms with Crippen LogP contribution in [0.4, 0.5) is 0 Å². The van der Waals surface area contributed by atoms with Gasteiger partial charge in [-0.1, -0.05) is 36.4 Å². The first-order chi connectivity index (χ1) is 11.3. The fourth-order valence-electron chi connectivity index (χ4n) is 2.35. The lowest BCUT2D eigenvalue weighted by molar-refractivity contribution is 0.288. The molecule has 0 amide bonds. The van der Waals surface area contributed by atoms with E-state index in [1.54, 1.807) is 7.11 Å². The van der Waals surface area contributed by atoms with Crippen molar-refractivity contribution in [2.24, 2.45) is 0 Å². The molecule has 4 heteroatoms. The van der Waals surface area contributed by atoms with Gasteiger partial charge < -0.3 is 19.9 Å². The zero-order chi connectivity index (χ0) is 16.3. The molecule has 0 heterocycles. The van der Waals surface area contributed by atoms with Crippen molar-refractivity contribution in [3.8, 4) is 11.5 Å². The van der Waals surface area contributed by atoms with E-state index in [9.17, 15) is 0 Å². The zero-order valence-corrected chi connectivity index (χ0v) is 13.6. The molecular formula is C19H25NO3. The third kappa shape index (κ3) is 5.93. The molecule has 0 unspecified atom stereocenters. The van der Waals surface area contributed by atoms with Gasteiger partial charge in [-0.15, -0.1) is 0 Å². The van der Waals surface area contributed by atoms with Crippen LogP contribution in [0.15, 0.2) is 48.5 Å². The van der Waals surface area contributed by atoms with E-state index in [4.69, 9.17) is 14.6 Å². The van der Waals surface area contributed by atoms with Gasteiger partial charge in [-0.05, 0) is 24.5 Å². The van der Waals surface area contributed by atoms with Gasteiger partial charge in [-0.2, -0.15) is 0 Å². The van der Waals surface area contributed by atoms with Crippen LogP contribution in [0.3, 0.4) is 0 Å². The molecule has 2 N–H and O–H groups in total. The molecule has 0 aliphatic carbocycles. The molecule has 124 valence electrons. The Morgan fingerprint density at radius 1 is 1.09 bits per heavy atom. The van der Waals surface area contributed by atoms with Crippen molar-refractivity contribution in [1.82, 2.24) is 5.32 Å². The Hall–Kier alpha value is -2.04. The second-order valence-corrected chi connectivity index (χ2v) is 5.31. The summed E-state index contributed by atoms with van der Waals surface area (Å²) in [6, 6.07) is 16.3. The Morgan fingerprint density at radius 3 is 2.65 bits per heavy atom. The molecule has 2 aromatic carbocycles. The van der Waals surface area contributed by atoms with E-state index in [0.717, 1.165) is 29.9 Å². The van der Waals surface area contributed by atoms with Crippen LogP contribution in [0.1, 0.15) is 17.5 Å². The average Bonchev–Trinajstić information content (AvgIpc) is 2.60. The summed E-state index contributed by atoms with van der Waals surface area (Å²) in [4.78, 5) is 0. The molecule has 2 rings (SSSR count). The number of aliphatic hydroxyl groups is 1. The van der Waals surface area contributed by atoms with Crippen LogP contribution in [0.25, 0.3) is 0 Å². The van der Waals surface area contributed by atoms with Crippen molar-refractivity contribution in [3.05, 3.63) is 59.7 Å². The summed E-state index contributed by atoms with van der Waals surface area (Å²) in [5.74, 6) is 1.62. The van der Waals surface area contributed by atoms with Gasteiger partial charge in [0.05, 0.1) is 20.3 Å². The number of aryl methyl sites for hydroxylation is 1. The number of methoxy groups -OCH3 is 1. The number of nitrogens with one attached hydrogen (secondary N) is 1. The van der Waals surface area contributed by atoms with Crippen molar-refractivity contribution in [3.63, 3.8) is 0 Å². The predicted octanol–water partition coefficient (Wildman–Crippen LogP) is 2.79. The molecule has 0 aliphatic heterocycles. The van der Waals surface area contributed by atoms with Crippen LogP contribution in [0, 0.1) is 0 Å². The number of aliphatic hydroxyl groups excluding tert-OH is 1. The highest BCUT2D eigenvalue weighted by molar-refractivity contribution is 5.40. The Bertz CT molecular complexity index is 572. The van der Waals surface area contributed by atoms with Crippen molar-refractivity contribution in [2.45, 2.75) is 19.4 Å². The van der Waals surface area contributed by atoms with Gasteiger partial charge in [-0.3, -0.25) is 0 Å². The summed E-state index contributed by atoms with van der Waals surface area (Å²) in [6.07, 6.45) is 1.97. The first-order valence-corrected chi connectivity index (χ1v) is 7.98. The summed E-state index contributed by atoms with van der Waals surface area (Å²) in [7, 11) is 1.65. The van der Waals surface area contributed by atoms with Gasteiger partial charge in [0.15, 0.2) is 0 Å². The molecule has 0 fully saturated rings. The predicted molar refractivity (Wildman–Crippen MR) is 92.0 cm³/mol. The summed E-state index contributed by atoms with van der Waals surface area (Å²) in [6.45, 7) is 2.02. The molecule has 0 saturated heterocycles. The van der Waals surface area contributed by atoms with E-state index in [0.29, 0.717) is 19.7 Å². The lowest BCUT2D eigenvalue weighted by Crippen LogP contribution is -2.18. The third-order valence-corrected chi connectivity index (χ3v) is 3.59. The standard InChI is InChI=1S/C19H25NO3/c1-22-18-10-9-17(15-20-11-12-21)19(14-18)23-13-5-8-16-6-3-2-4-7-16/h2-4,6-7,9-10,14,20-21H,5,8,11-13,15H2,1H3. The van der Waals surface area contributed by atoms with Gasteiger partial charge in [0.1, 0.15) is 11.5 Å². The maximum Gasteiger partial charge on any atom is 0.127 e. The lowest BCUT2D eigenvalue weighted by Gasteiger charge is -2.13. The van der Waals surface area contributed by atoms with E-state index in [1.165, 1.54) is 5.56 Å². The van der Waals surface area contributed by atoms with Crippen molar-refractivity contribution >= 4 is 0 Å². The van der Waals surface area contributed by atoms with E-state index in [-0.39, 0.29) is 6.61 Å². The molecule has 2 aromatic rings. The van der Waals surface area contributed by atoms with Crippen LogP contribution in [0.5, 0.6) is 11.5 Å². The molecule has 23 heavy (non-hydrogen) atoms. The van der Waals surface area contributed by atoms with Crippen LogP contribution in [-0.4, -0.2) is 32.0 Å². The zero-order valence-electron chi connectivity index (χ0n) is 13.6. The fourth-order valence-corrected chi connectivity index (χ4v) is 2.35. The van der Waals surface area contributed by atoms with E-state index >= 15 is 0 Å². The molecule has 0 spiro atoms. The Kier molecular flexibility index (Phi) is 7.43. The number of rotatable bonds is 10. The highest BCUT2D eigenvalue weighted by Crippen LogP contribution is 2.25. The summed E-state index contributed by atoms with van der Waals surface area (Å²) in [5.41, 5.74) is 2.39. The minimum Gasteiger partial charge on any atom is -0.497 e. The van der Waals surface area contributed by atoms with Crippen molar-refractivity contribution < 1.29 is 14.6 Å². The van der Waals surface area contributed by atoms with Crippen LogP contribution >= 0.6 is 0 Å². The first kappa shape index (κ1) is 17.3. The molecule has 0 aromatic heterocycles. The minimum atomic E-state index is 0.128. The highest BCUT2D eigenvalue weighted by atomic mass is 16.5. The molecule has 0 saturated carbocycles. The van der Waals surface area contributed by atoms with Gasteiger partial charge in [0, 0.05) is 24.7 Å². The maximum absolute atomic E-state index is 8.86. The monoisotopic (exact) mass is 315 g/mol. The Balaban J connectivity index is 1.88. The molecular weight excluding hydrogens is 290 g/mol. The van der Waals surface area contributed by atoms with Gasteiger partial charge in [0.25, 0.3) is 0 Å². The number of hydrogen-bond acceptors (Lipinski definition) is 4. The number of hydrogen-bond donors (Lipinski definition) is 2. The lowest BCUT2D eigenvalue weighted by atomic mass is 10.1. The summed E-state index contributed by atoms with van der Waals surface area (Å²) >= 11 is 0. The van der Waals surface area contributed by atoms with E-state index in [1.807, 2.05) is 24.3 Å². The summed E-state index contributed by atoms with van der Waals surface area (Å²) in [5, 5.41) is 12.0. The Morgan fingerprint density at radius 2 is 1.91 bits per heavy atom. The second kappa shape index (κ2) is 9.87.